The quantitative estimate of drug-likeness (QED) is 0.168. The zero-order valence-corrected chi connectivity index (χ0v) is 36.5. The van der Waals surface area contributed by atoms with Gasteiger partial charge in [0.15, 0.2) is 11.6 Å². The molecule has 13 rings (SSSR count). The first-order valence-corrected chi connectivity index (χ1v) is 22.7. The highest BCUT2D eigenvalue weighted by atomic mass is 15.2. The third-order valence-corrected chi connectivity index (χ3v) is 14.9. The van der Waals surface area contributed by atoms with Crippen LogP contribution in [0.3, 0.4) is 0 Å². The molecule has 1 unspecified atom stereocenters. The molecule has 0 bridgehead atoms. The largest absolute Gasteiger partial charge is 0.278 e. The molecule has 306 valence electrons. The van der Waals surface area contributed by atoms with Gasteiger partial charge in [-0.2, -0.15) is 9.97 Å². The normalized spacial score (nSPS) is 15.7. The average Bonchev–Trinajstić information content (AvgIpc) is 3.98. The summed E-state index contributed by atoms with van der Waals surface area (Å²) in [6.07, 6.45) is 1.97. The number of rotatable bonds is 6. The summed E-state index contributed by atoms with van der Waals surface area (Å²) >= 11 is 0. The van der Waals surface area contributed by atoms with E-state index < -0.39 is 0 Å². The van der Waals surface area contributed by atoms with Gasteiger partial charge in [0.25, 0.3) is 0 Å². The lowest BCUT2D eigenvalue weighted by atomic mass is 9.80. The van der Waals surface area contributed by atoms with Crippen LogP contribution in [0.4, 0.5) is 0 Å². The van der Waals surface area contributed by atoms with Crippen molar-refractivity contribution in [1.82, 2.24) is 19.5 Å². The van der Waals surface area contributed by atoms with Crippen LogP contribution in [-0.4, -0.2) is 19.5 Å². The van der Waals surface area contributed by atoms with Crippen LogP contribution in [0.5, 0.6) is 0 Å². The van der Waals surface area contributed by atoms with Crippen molar-refractivity contribution >= 4 is 21.8 Å². The standard InChI is InChI=1S/C60H46N4/c1-59(2)50-25-15-13-23-42(50)46-32-44-40-22-12-11-21-39(40)41(45(44)34-52(46)59)29-27-36-28-30-54-48(31-36)49-33-47-43-24-14-16-26-51(43)60(3,4)53(47)35-55(49)64(54)58-62-56(37-17-7-5-8-18-37)61-57(63-58)38-19-9-6-10-20-38/h5-26,28,30-35,41H,27,29H2,1-4H3. The third-order valence-electron chi connectivity index (χ3n) is 14.9. The van der Waals surface area contributed by atoms with Crippen LogP contribution in [0.2, 0.25) is 0 Å². The average molecular weight is 823 g/mol. The second-order valence-corrected chi connectivity index (χ2v) is 19.1. The Labute approximate surface area is 374 Å². The lowest BCUT2D eigenvalue weighted by Gasteiger charge is -2.23. The molecule has 10 aromatic rings. The topological polar surface area (TPSA) is 43.6 Å². The van der Waals surface area contributed by atoms with Crippen molar-refractivity contribution in [2.75, 3.05) is 0 Å². The number of hydrogen-bond acceptors (Lipinski definition) is 3. The predicted octanol–water partition coefficient (Wildman–Crippen LogP) is 14.7. The maximum Gasteiger partial charge on any atom is 0.238 e. The molecule has 2 aromatic heterocycles. The van der Waals surface area contributed by atoms with E-state index in [9.17, 15) is 0 Å². The number of fused-ring (bicyclic) bond motifs is 12. The zero-order valence-electron chi connectivity index (χ0n) is 36.5. The first kappa shape index (κ1) is 37.2. The van der Waals surface area contributed by atoms with E-state index in [1.54, 1.807) is 0 Å². The summed E-state index contributed by atoms with van der Waals surface area (Å²) in [5, 5.41) is 2.42. The Morgan fingerprint density at radius 3 is 1.62 bits per heavy atom. The van der Waals surface area contributed by atoms with Crippen molar-refractivity contribution in [3.05, 3.63) is 215 Å². The van der Waals surface area contributed by atoms with Crippen molar-refractivity contribution in [3.8, 4) is 62.1 Å². The highest BCUT2D eigenvalue weighted by Crippen LogP contribution is 2.56. The Bertz CT molecular complexity index is 3500. The second-order valence-electron chi connectivity index (χ2n) is 19.1. The third kappa shape index (κ3) is 5.32. The van der Waals surface area contributed by atoms with Crippen molar-refractivity contribution in [2.45, 2.75) is 57.3 Å². The summed E-state index contributed by atoms with van der Waals surface area (Å²) in [4.78, 5) is 15.6. The minimum Gasteiger partial charge on any atom is -0.278 e. The first-order chi connectivity index (χ1) is 31.2. The van der Waals surface area contributed by atoms with E-state index in [2.05, 4.69) is 172 Å². The molecule has 4 heteroatoms. The van der Waals surface area contributed by atoms with Gasteiger partial charge in [-0.1, -0.05) is 173 Å². The molecule has 0 amide bonds. The Hall–Kier alpha value is -7.43. The lowest BCUT2D eigenvalue weighted by Crippen LogP contribution is -2.15. The van der Waals surface area contributed by atoms with Crippen molar-refractivity contribution in [3.63, 3.8) is 0 Å². The molecule has 0 radical (unpaired) electrons. The summed E-state index contributed by atoms with van der Waals surface area (Å²) in [6, 6.07) is 64.6. The van der Waals surface area contributed by atoms with Gasteiger partial charge >= 0.3 is 0 Å². The number of aryl methyl sites for hydroxylation is 1. The SMILES string of the molecule is CC1(C)c2ccccc2-c2cc3c(cc21)C(CCc1ccc2c(c1)c1cc4c(cc1n2-c1nc(-c2ccccc2)nc(-c2ccccc2)n1)C(C)(C)c1ccccc1-4)c1ccccc1-3. The number of benzene rings is 8. The summed E-state index contributed by atoms with van der Waals surface area (Å²) in [5.74, 6) is 2.23. The van der Waals surface area contributed by atoms with Crippen LogP contribution in [0, 0.1) is 0 Å². The minimum atomic E-state index is -0.165. The monoisotopic (exact) mass is 822 g/mol. The molecule has 3 aliphatic carbocycles. The predicted molar refractivity (Wildman–Crippen MR) is 262 cm³/mol. The van der Waals surface area contributed by atoms with Crippen molar-refractivity contribution < 1.29 is 0 Å². The van der Waals surface area contributed by atoms with E-state index in [4.69, 9.17) is 15.0 Å². The number of nitrogens with zero attached hydrogens (tertiary/aromatic N) is 4. The van der Waals surface area contributed by atoms with Gasteiger partial charge in [0, 0.05) is 38.6 Å². The zero-order chi connectivity index (χ0) is 42.9. The minimum absolute atomic E-state index is 0.0440. The van der Waals surface area contributed by atoms with E-state index in [0.29, 0.717) is 23.5 Å². The Balaban J connectivity index is 0.972. The first-order valence-electron chi connectivity index (χ1n) is 22.7. The van der Waals surface area contributed by atoms with Crippen LogP contribution < -0.4 is 0 Å². The lowest BCUT2D eigenvalue weighted by molar-refractivity contribution is 0.656. The molecular formula is C60H46N4. The van der Waals surface area contributed by atoms with Gasteiger partial charge in [0.05, 0.1) is 11.0 Å². The Kier molecular flexibility index (Phi) is 7.86. The molecular weight excluding hydrogens is 777 g/mol. The van der Waals surface area contributed by atoms with Crippen LogP contribution in [0.25, 0.3) is 83.9 Å². The Morgan fingerprint density at radius 1 is 0.422 bits per heavy atom. The summed E-state index contributed by atoms with van der Waals surface area (Å²) in [5.41, 5.74) is 21.9. The van der Waals surface area contributed by atoms with Crippen LogP contribution >= 0.6 is 0 Å². The van der Waals surface area contributed by atoms with Crippen molar-refractivity contribution in [2.24, 2.45) is 0 Å². The molecule has 0 fully saturated rings. The van der Waals surface area contributed by atoms with Gasteiger partial charge in [-0.05, 0) is 115 Å². The highest BCUT2D eigenvalue weighted by Gasteiger charge is 2.39. The van der Waals surface area contributed by atoms with Gasteiger partial charge in [0.1, 0.15) is 0 Å². The number of hydrogen-bond donors (Lipinski definition) is 0. The summed E-state index contributed by atoms with van der Waals surface area (Å²) in [7, 11) is 0. The van der Waals surface area contributed by atoms with E-state index in [-0.39, 0.29) is 10.8 Å². The van der Waals surface area contributed by atoms with Crippen LogP contribution in [0.15, 0.2) is 176 Å². The molecule has 0 N–H and O–H groups in total. The molecule has 1 atom stereocenters. The highest BCUT2D eigenvalue weighted by molar-refractivity contribution is 6.11. The second kappa shape index (κ2) is 13.5. The summed E-state index contributed by atoms with van der Waals surface area (Å²) in [6.45, 7) is 9.49. The molecule has 0 saturated carbocycles. The molecule has 64 heavy (non-hydrogen) atoms. The maximum absolute atomic E-state index is 5.28. The van der Waals surface area contributed by atoms with E-state index in [0.717, 1.165) is 35.0 Å². The van der Waals surface area contributed by atoms with Gasteiger partial charge in [-0.25, -0.2) is 4.98 Å². The molecule has 2 heterocycles. The molecule has 3 aliphatic rings. The smallest absolute Gasteiger partial charge is 0.238 e. The summed E-state index contributed by atoms with van der Waals surface area (Å²) < 4.78 is 2.29. The molecule has 8 aromatic carbocycles. The van der Waals surface area contributed by atoms with Crippen LogP contribution in [-0.2, 0) is 17.3 Å². The fraction of sp³-hybridized carbons (Fsp3) is 0.150. The van der Waals surface area contributed by atoms with Crippen LogP contribution in [0.1, 0.15) is 79.0 Å². The fourth-order valence-electron chi connectivity index (χ4n) is 11.7. The van der Waals surface area contributed by atoms with Gasteiger partial charge < -0.3 is 0 Å². The Morgan fingerprint density at radius 2 is 0.969 bits per heavy atom. The fourth-order valence-corrected chi connectivity index (χ4v) is 11.7. The van der Waals surface area contributed by atoms with Gasteiger partial charge in [-0.3, -0.25) is 4.57 Å². The molecule has 0 saturated heterocycles. The molecule has 4 nitrogen and oxygen atoms in total. The number of aromatic nitrogens is 4. The molecule has 0 spiro atoms. The van der Waals surface area contributed by atoms with Gasteiger partial charge in [-0.15, -0.1) is 0 Å². The van der Waals surface area contributed by atoms with E-state index in [1.165, 1.54) is 83.1 Å². The van der Waals surface area contributed by atoms with Crippen molar-refractivity contribution in [1.29, 1.82) is 0 Å². The maximum atomic E-state index is 5.28. The molecule has 0 aliphatic heterocycles. The van der Waals surface area contributed by atoms with E-state index >= 15 is 0 Å². The van der Waals surface area contributed by atoms with E-state index in [1.807, 2.05) is 36.4 Å². The van der Waals surface area contributed by atoms with Gasteiger partial charge in [0.2, 0.25) is 5.95 Å².